The van der Waals surface area contributed by atoms with Gasteiger partial charge in [-0.15, -0.1) is 0 Å². The largest absolute Gasteiger partial charge is 0.507 e. The van der Waals surface area contributed by atoms with Crippen LogP contribution < -0.4 is 18.9 Å². The molecule has 1 saturated heterocycles. The molecule has 2 heterocycles. The van der Waals surface area contributed by atoms with Crippen molar-refractivity contribution in [1.29, 1.82) is 0 Å². The van der Waals surface area contributed by atoms with Crippen LogP contribution in [-0.4, -0.2) is 68.4 Å². The summed E-state index contributed by atoms with van der Waals surface area (Å²) in [5.74, 6) is 0.237. The number of ether oxygens (including phenoxy) is 5. The van der Waals surface area contributed by atoms with Gasteiger partial charge in [0.15, 0.2) is 23.0 Å². The van der Waals surface area contributed by atoms with E-state index in [0.717, 1.165) is 0 Å². The quantitative estimate of drug-likeness (QED) is 0.160. The van der Waals surface area contributed by atoms with E-state index in [2.05, 4.69) is 6.58 Å². The third-order valence-corrected chi connectivity index (χ3v) is 6.04. The van der Waals surface area contributed by atoms with Gasteiger partial charge in [-0.05, 0) is 49.2 Å². The van der Waals surface area contributed by atoms with Crippen molar-refractivity contribution in [2.24, 2.45) is 0 Å². The van der Waals surface area contributed by atoms with Gasteiger partial charge >= 0.3 is 0 Å². The van der Waals surface area contributed by atoms with Crippen LogP contribution in [-0.2, 0) is 14.3 Å². The first kappa shape index (κ1) is 26.1. The summed E-state index contributed by atoms with van der Waals surface area (Å²) in [7, 11) is 1.57. The molecule has 4 rings (SSSR count). The smallest absolute Gasteiger partial charge is 0.295 e. The molecule has 0 spiro atoms. The van der Waals surface area contributed by atoms with Crippen molar-refractivity contribution in [3.05, 3.63) is 65.8 Å². The van der Waals surface area contributed by atoms with E-state index < -0.39 is 17.7 Å². The van der Waals surface area contributed by atoms with Gasteiger partial charge in [0.2, 0.25) is 0 Å². The van der Waals surface area contributed by atoms with Gasteiger partial charge < -0.3 is 33.7 Å². The third kappa shape index (κ3) is 5.41. The minimum absolute atomic E-state index is 0.0127. The number of benzene rings is 2. The molecule has 1 N–H and O–H groups in total. The maximum absolute atomic E-state index is 13.3. The summed E-state index contributed by atoms with van der Waals surface area (Å²) in [6.07, 6.45) is 2.14. The number of carbonyl (C=O) groups excluding carboxylic acids is 2. The molecule has 196 valence electrons. The van der Waals surface area contributed by atoms with E-state index in [1.807, 2.05) is 6.92 Å². The molecule has 0 aliphatic carbocycles. The maximum atomic E-state index is 13.3. The Hall–Kier alpha value is -3.98. The summed E-state index contributed by atoms with van der Waals surface area (Å²) in [6, 6.07) is 9.30. The molecule has 1 atom stereocenters. The number of methoxy groups -OCH3 is 1. The molecule has 2 aromatic rings. The number of carbonyl (C=O) groups is 2. The Kier molecular flexibility index (Phi) is 8.35. The number of hydrogen-bond acceptors (Lipinski definition) is 8. The highest BCUT2D eigenvalue weighted by atomic mass is 16.6. The zero-order valence-electron chi connectivity index (χ0n) is 21.0. The molecule has 2 aliphatic heterocycles. The van der Waals surface area contributed by atoms with Crippen LogP contribution in [0.15, 0.2) is 54.6 Å². The highest BCUT2D eigenvalue weighted by Crippen LogP contribution is 2.43. The first-order valence-electron chi connectivity index (χ1n) is 12.2. The highest BCUT2D eigenvalue weighted by Gasteiger charge is 2.46. The second kappa shape index (κ2) is 11.8. The predicted octanol–water partition coefficient (Wildman–Crippen LogP) is 3.88. The number of rotatable bonds is 11. The monoisotopic (exact) mass is 509 g/mol. The number of aliphatic hydroxyl groups is 1. The fourth-order valence-corrected chi connectivity index (χ4v) is 4.41. The highest BCUT2D eigenvalue weighted by molar-refractivity contribution is 6.46. The number of aliphatic hydroxyl groups excluding tert-OH is 1. The number of nitrogens with zero attached hydrogens (tertiary/aromatic N) is 1. The van der Waals surface area contributed by atoms with Gasteiger partial charge in [0.05, 0.1) is 18.2 Å². The minimum atomic E-state index is -0.835. The van der Waals surface area contributed by atoms with Gasteiger partial charge in [-0.3, -0.25) is 9.59 Å². The van der Waals surface area contributed by atoms with Gasteiger partial charge in [-0.1, -0.05) is 18.7 Å². The molecule has 0 saturated carbocycles. The molecular formula is C28H31NO8. The average molecular weight is 510 g/mol. The van der Waals surface area contributed by atoms with Crippen LogP contribution in [0.3, 0.4) is 0 Å². The van der Waals surface area contributed by atoms with Gasteiger partial charge in [-0.2, -0.15) is 0 Å². The SMILES string of the molecule is C=CCOc1ccc(C2C(=C(O)c3ccc4c(c3)OCCO4)C(=O)C(=O)N2CCCOC)cc1OCC. The summed E-state index contributed by atoms with van der Waals surface area (Å²) >= 11 is 0. The normalized spacial score (nSPS) is 18.1. The number of hydrogen-bond donors (Lipinski definition) is 1. The lowest BCUT2D eigenvalue weighted by Crippen LogP contribution is -2.31. The molecule has 0 bridgehead atoms. The van der Waals surface area contributed by atoms with Gasteiger partial charge in [0.25, 0.3) is 11.7 Å². The Labute approximate surface area is 215 Å². The molecule has 1 unspecified atom stereocenters. The molecule has 2 aliphatic rings. The van der Waals surface area contributed by atoms with Crippen LogP contribution >= 0.6 is 0 Å². The standard InChI is InChI=1S/C28H31NO8/c1-4-12-35-20-9-7-18(16-22(20)34-5-2)25-24(27(31)28(32)29(25)11-6-13-33-3)26(30)19-8-10-21-23(17-19)37-15-14-36-21/h4,7-10,16-17,25,30H,1,5-6,11-15H2,2-3H3. The van der Waals surface area contributed by atoms with E-state index >= 15 is 0 Å². The third-order valence-electron chi connectivity index (χ3n) is 6.04. The molecular weight excluding hydrogens is 478 g/mol. The van der Waals surface area contributed by atoms with Gasteiger partial charge in [0, 0.05) is 25.8 Å². The number of Topliss-reactive ketones (excluding diaryl/α,β-unsaturated/α-hetero) is 1. The summed E-state index contributed by atoms with van der Waals surface area (Å²) in [5, 5.41) is 11.4. The molecule has 2 aromatic carbocycles. The fraction of sp³-hybridized carbons (Fsp3) is 0.357. The predicted molar refractivity (Wildman–Crippen MR) is 136 cm³/mol. The average Bonchev–Trinajstić information content (AvgIpc) is 3.17. The van der Waals surface area contributed by atoms with E-state index in [-0.39, 0.29) is 17.9 Å². The second-order valence-electron chi connectivity index (χ2n) is 8.44. The lowest BCUT2D eigenvalue weighted by molar-refractivity contribution is -0.140. The van der Waals surface area contributed by atoms with Crippen molar-refractivity contribution in [3.63, 3.8) is 0 Å². The summed E-state index contributed by atoms with van der Waals surface area (Å²) in [6.45, 7) is 7.68. The van der Waals surface area contributed by atoms with Crippen LogP contribution in [0.5, 0.6) is 23.0 Å². The summed E-state index contributed by atoms with van der Waals surface area (Å²) in [4.78, 5) is 27.9. The van der Waals surface area contributed by atoms with E-state index in [0.29, 0.717) is 73.6 Å². The molecule has 9 nitrogen and oxygen atoms in total. The second-order valence-corrected chi connectivity index (χ2v) is 8.44. The molecule has 1 amide bonds. The van der Waals surface area contributed by atoms with Crippen molar-refractivity contribution >= 4 is 17.4 Å². The van der Waals surface area contributed by atoms with Crippen molar-refractivity contribution in [3.8, 4) is 23.0 Å². The fourth-order valence-electron chi connectivity index (χ4n) is 4.41. The lowest BCUT2D eigenvalue weighted by atomic mass is 9.94. The zero-order chi connectivity index (χ0) is 26.4. The van der Waals surface area contributed by atoms with Crippen LogP contribution in [0.25, 0.3) is 5.76 Å². The van der Waals surface area contributed by atoms with Crippen LogP contribution in [0.4, 0.5) is 0 Å². The van der Waals surface area contributed by atoms with E-state index in [1.54, 1.807) is 49.6 Å². The van der Waals surface area contributed by atoms with E-state index in [9.17, 15) is 14.7 Å². The summed E-state index contributed by atoms with van der Waals surface area (Å²) in [5.41, 5.74) is 0.937. The molecule has 37 heavy (non-hydrogen) atoms. The first-order valence-corrected chi connectivity index (χ1v) is 12.2. The summed E-state index contributed by atoms with van der Waals surface area (Å²) < 4.78 is 27.8. The van der Waals surface area contributed by atoms with Gasteiger partial charge in [-0.25, -0.2) is 0 Å². The topological polar surface area (TPSA) is 104 Å². The minimum Gasteiger partial charge on any atom is -0.507 e. The van der Waals surface area contributed by atoms with Gasteiger partial charge in [0.1, 0.15) is 25.6 Å². The Morgan fingerprint density at radius 3 is 2.62 bits per heavy atom. The van der Waals surface area contributed by atoms with Crippen molar-refractivity contribution in [1.82, 2.24) is 4.90 Å². The van der Waals surface area contributed by atoms with E-state index in [1.165, 1.54) is 4.90 Å². The Bertz CT molecular complexity index is 1200. The Morgan fingerprint density at radius 2 is 1.89 bits per heavy atom. The van der Waals surface area contributed by atoms with E-state index in [4.69, 9.17) is 23.7 Å². The molecule has 0 aromatic heterocycles. The number of fused-ring (bicyclic) bond motifs is 1. The van der Waals surface area contributed by atoms with Crippen LogP contribution in [0.1, 0.15) is 30.5 Å². The zero-order valence-corrected chi connectivity index (χ0v) is 21.0. The van der Waals surface area contributed by atoms with Crippen LogP contribution in [0, 0.1) is 0 Å². The Balaban J connectivity index is 1.82. The Morgan fingerprint density at radius 1 is 1.11 bits per heavy atom. The maximum Gasteiger partial charge on any atom is 0.295 e. The van der Waals surface area contributed by atoms with Crippen molar-refractivity contribution in [2.45, 2.75) is 19.4 Å². The molecule has 9 heteroatoms. The van der Waals surface area contributed by atoms with Crippen molar-refractivity contribution < 1.29 is 38.4 Å². The first-order chi connectivity index (χ1) is 18.0. The molecule has 0 radical (unpaired) electrons. The molecule has 1 fully saturated rings. The lowest BCUT2D eigenvalue weighted by Gasteiger charge is -2.26. The number of ketones is 1. The number of amides is 1. The van der Waals surface area contributed by atoms with Crippen molar-refractivity contribution in [2.75, 3.05) is 46.7 Å². The van der Waals surface area contributed by atoms with Crippen LogP contribution in [0.2, 0.25) is 0 Å². The number of likely N-dealkylation sites (tertiary alicyclic amines) is 1.